The number of halogens is 1. The zero-order valence-corrected chi connectivity index (χ0v) is 18.5. The Balaban J connectivity index is 2.00. The fraction of sp³-hybridized carbons (Fsp3) is 0.500. The smallest absolute Gasteiger partial charge is 0.191 e. The lowest BCUT2D eigenvalue weighted by Gasteiger charge is -2.13. The van der Waals surface area contributed by atoms with Crippen molar-refractivity contribution in [2.24, 2.45) is 4.99 Å². The van der Waals surface area contributed by atoms with Crippen LogP contribution < -0.4 is 20.1 Å². The molecular formula is C20H29ClN4O2S. The predicted octanol–water partition coefficient (Wildman–Crippen LogP) is 4.06. The van der Waals surface area contributed by atoms with Crippen molar-refractivity contribution < 1.29 is 9.47 Å². The maximum Gasteiger partial charge on any atom is 0.191 e. The Hall–Kier alpha value is -1.99. The van der Waals surface area contributed by atoms with Crippen molar-refractivity contribution in [1.29, 1.82) is 0 Å². The molecule has 6 nitrogen and oxygen atoms in total. The number of aryl methyl sites for hydroxylation is 1. The Morgan fingerprint density at radius 3 is 2.71 bits per heavy atom. The van der Waals surface area contributed by atoms with Gasteiger partial charge >= 0.3 is 0 Å². The highest BCUT2D eigenvalue weighted by molar-refractivity contribution is 7.11. The third-order valence-electron chi connectivity index (χ3n) is 3.92. The largest absolute Gasteiger partial charge is 0.493 e. The Bertz CT molecular complexity index is 780. The van der Waals surface area contributed by atoms with Gasteiger partial charge in [-0.2, -0.15) is 0 Å². The molecule has 2 rings (SSSR count). The Kier molecular flexibility index (Phi) is 9.37. The molecule has 28 heavy (non-hydrogen) atoms. The molecule has 8 heteroatoms. The van der Waals surface area contributed by atoms with Crippen LogP contribution in [0, 0.1) is 0 Å². The van der Waals surface area contributed by atoms with Crippen molar-refractivity contribution in [2.75, 3.05) is 26.8 Å². The maximum absolute atomic E-state index is 6.34. The molecule has 0 spiro atoms. The monoisotopic (exact) mass is 424 g/mol. The van der Waals surface area contributed by atoms with E-state index in [4.69, 9.17) is 21.1 Å². The molecule has 1 heterocycles. The van der Waals surface area contributed by atoms with E-state index in [0.717, 1.165) is 42.5 Å². The molecule has 2 N–H and O–H groups in total. The summed E-state index contributed by atoms with van der Waals surface area (Å²) in [6.07, 6.45) is 3.86. The minimum Gasteiger partial charge on any atom is -0.493 e. The zero-order valence-electron chi connectivity index (χ0n) is 17.0. The summed E-state index contributed by atoms with van der Waals surface area (Å²) in [5.41, 5.74) is 0.954. The maximum atomic E-state index is 6.34. The van der Waals surface area contributed by atoms with Gasteiger partial charge in [-0.05, 0) is 38.0 Å². The number of hydrogen-bond acceptors (Lipinski definition) is 5. The number of nitrogens with one attached hydrogen (secondary N) is 2. The van der Waals surface area contributed by atoms with Crippen LogP contribution in [-0.4, -0.2) is 37.7 Å². The molecule has 0 saturated carbocycles. The van der Waals surface area contributed by atoms with Crippen LogP contribution in [0.3, 0.4) is 0 Å². The highest BCUT2D eigenvalue weighted by Gasteiger charge is 2.11. The molecule has 0 aliphatic heterocycles. The van der Waals surface area contributed by atoms with Gasteiger partial charge in [0.05, 0.1) is 30.3 Å². The molecule has 0 fully saturated rings. The minimum atomic E-state index is 0.481. The van der Waals surface area contributed by atoms with Gasteiger partial charge in [0.15, 0.2) is 17.5 Å². The topological polar surface area (TPSA) is 67.8 Å². The SMILES string of the molecule is CCNC(=NCc1cc(Cl)c(OCC)c(OC)c1)NCCc1ncc(CC)s1. The molecule has 0 unspecified atom stereocenters. The highest BCUT2D eigenvalue weighted by Crippen LogP contribution is 2.36. The Morgan fingerprint density at radius 1 is 1.25 bits per heavy atom. The minimum absolute atomic E-state index is 0.481. The molecule has 0 atom stereocenters. The summed E-state index contributed by atoms with van der Waals surface area (Å²) in [5.74, 6) is 1.95. The summed E-state index contributed by atoms with van der Waals surface area (Å²) < 4.78 is 11.0. The summed E-state index contributed by atoms with van der Waals surface area (Å²) >= 11 is 8.11. The summed E-state index contributed by atoms with van der Waals surface area (Å²) in [6, 6.07) is 3.77. The van der Waals surface area contributed by atoms with Crippen LogP contribution in [-0.2, 0) is 19.4 Å². The van der Waals surface area contributed by atoms with Gasteiger partial charge in [0.1, 0.15) is 0 Å². The summed E-state index contributed by atoms with van der Waals surface area (Å²) in [4.78, 5) is 10.4. The number of rotatable bonds is 10. The molecule has 0 amide bonds. The van der Waals surface area contributed by atoms with Gasteiger partial charge in [-0.15, -0.1) is 11.3 Å². The van der Waals surface area contributed by atoms with E-state index in [1.165, 1.54) is 4.88 Å². The van der Waals surface area contributed by atoms with E-state index in [0.29, 0.717) is 29.7 Å². The van der Waals surface area contributed by atoms with Crippen molar-refractivity contribution in [3.05, 3.63) is 38.8 Å². The molecule has 0 aliphatic carbocycles. The molecule has 0 aliphatic rings. The fourth-order valence-electron chi connectivity index (χ4n) is 2.58. The number of aromatic nitrogens is 1. The summed E-state index contributed by atoms with van der Waals surface area (Å²) in [5, 5.41) is 8.29. The number of hydrogen-bond donors (Lipinski definition) is 2. The predicted molar refractivity (Wildman–Crippen MR) is 117 cm³/mol. The first-order valence-corrected chi connectivity index (χ1v) is 10.8. The average molecular weight is 425 g/mol. The van der Waals surface area contributed by atoms with Crippen molar-refractivity contribution in [1.82, 2.24) is 15.6 Å². The second-order valence-electron chi connectivity index (χ2n) is 5.99. The quantitative estimate of drug-likeness (QED) is 0.444. The normalized spacial score (nSPS) is 11.4. The second kappa shape index (κ2) is 11.8. The molecule has 1 aromatic heterocycles. The van der Waals surface area contributed by atoms with Crippen molar-refractivity contribution in [2.45, 2.75) is 40.2 Å². The van der Waals surface area contributed by atoms with Gasteiger partial charge in [0.2, 0.25) is 0 Å². The standard InChI is InChI=1S/C20H29ClN4O2S/c1-5-15-13-24-18(28-15)8-9-23-20(22-6-2)25-12-14-10-16(21)19(27-7-3)17(11-14)26-4/h10-11,13H,5-9,12H2,1-4H3,(H2,22,23,25). The van der Waals surface area contributed by atoms with Crippen LogP contribution in [0.15, 0.2) is 23.3 Å². The Labute approximate surface area is 176 Å². The number of guanidine groups is 1. The van der Waals surface area contributed by atoms with Gasteiger partial charge in [0, 0.05) is 30.6 Å². The van der Waals surface area contributed by atoms with Crippen molar-refractivity contribution in [3.8, 4) is 11.5 Å². The molecule has 0 saturated heterocycles. The van der Waals surface area contributed by atoms with Crippen LogP contribution >= 0.6 is 22.9 Å². The molecule has 154 valence electrons. The van der Waals surface area contributed by atoms with Crippen LogP contribution in [0.1, 0.15) is 36.2 Å². The van der Waals surface area contributed by atoms with Crippen LogP contribution in [0.2, 0.25) is 5.02 Å². The lowest BCUT2D eigenvalue weighted by molar-refractivity contribution is 0.311. The van der Waals surface area contributed by atoms with Crippen molar-refractivity contribution >= 4 is 28.9 Å². The summed E-state index contributed by atoms with van der Waals surface area (Å²) in [7, 11) is 1.61. The number of aliphatic imine (C=N–C) groups is 1. The molecular weight excluding hydrogens is 396 g/mol. The molecule has 0 radical (unpaired) electrons. The highest BCUT2D eigenvalue weighted by atomic mass is 35.5. The second-order valence-corrected chi connectivity index (χ2v) is 7.59. The lowest BCUT2D eigenvalue weighted by Crippen LogP contribution is -2.38. The van der Waals surface area contributed by atoms with E-state index in [1.807, 2.05) is 32.2 Å². The fourth-order valence-corrected chi connectivity index (χ4v) is 3.73. The van der Waals surface area contributed by atoms with E-state index in [1.54, 1.807) is 18.4 Å². The van der Waals surface area contributed by atoms with Crippen LogP contribution in [0.4, 0.5) is 0 Å². The molecule has 0 bridgehead atoms. The first kappa shape index (κ1) is 22.3. The van der Waals surface area contributed by atoms with E-state index < -0.39 is 0 Å². The van der Waals surface area contributed by atoms with Gasteiger partial charge in [-0.25, -0.2) is 9.98 Å². The lowest BCUT2D eigenvalue weighted by atomic mass is 10.2. The molecule has 2 aromatic rings. The number of thiazole rings is 1. The van der Waals surface area contributed by atoms with Crippen molar-refractivity contribution in [3.63, 3.8) is 0 Å². The zero-order chi connectivity index (χ0) is 20.4. The first-order chi connectivity index (χ1) is 13.6. The number of methoxy groups -OCH3 is 1. The third kappa shape index (κ3) is 6.56. The average Bonchev–Trinajstić information content (AvgIpc) is 3.16. The van der Waals surface area contributed by atoms with Crippen LogP contribution in [0.5, 0.6) is 11.5 Å². The number of benzene rings is 1. The van der Waals surface area contributed by atoms with Gasteiger partial charge in [0.25, 0.3) is 0 Å². The van der Waals surface area contributed by atoms with Gasteiger partial charge < -0.3 is 20.1 Å². The Morgan fingerprint density at radius 2 is 2.07 bits per heavy atom. The number of ether oxygens (including phenoxy) is 2. The van der Waals surface area contributed by atoms with Crippen LogP contribution in [0.25, 0.3) is 0 Å². The van der Waals surface area contributed by atoms with E-state index in [-0.39, 0.29) is 0 Å². The van der Waals surface area contributed by atoms with Gasteiger partial charge in [-0.1, -0.05) is 18.5 Å². The van der Waals surface area contributed by atoms with E-state index in [2.05, 4.69) is 27.5 Å². The van der Waals surface area contributed by atoms with E-state index in [9.17, 15) is 0 Å². The van der Waals surface area contributed by atoms with E-state index >= 15 is 0 Å². The van der Waals surface area contributed by atoms with Gasteiger partial charge in [-0.3, -0.25) is 0 Å². The first-order valence-electron chi connectivity index (χ1n) is 9.56. The third-order valence-corrected chi connectivity index (χ3v) is 5.41. The number of nitrogens with zero attached hydrogens (tertiary/aromatic N) is 2. The summed E-state index contributed by atoms with van der Waals surface area (Å²) in [6.45, 7) is 8.68. The molecule has 1 aromatic carbocycles.